The minimum atomic E-state index is 0.574. The van der Waals surface area contributed by atoms with Gasteiger partial charge in [-0.2, -0.15) is 0 Å². The van der Waals surface area contributed by atoms with Gasteiger partial charge in [0.15, 0.2) is 11.5 Å². The number of imidazole rings is 1. The Morgan fingerprint density at radius 3 is 2.76 bits per heavy atom. The number of piperidine rings is 1. The molecule has 112 valence electrons. The molecule has 2 aliphatic rings. The first kappa shape index (κ1) is 13.0. The van der Waals surface area contributed by atoms with Crippen LogP contribution >= 0.6 is 0 Å². The third-order valence-electron chi connectivity index (χ3n) is 4.83. The zero-order valence-corrected chi connectivity index (χ0v) is 12.4. The van der Waals surface area contributed by atoms with E-state index < -0.39 is 0 Å². The number of H-pyrrole nitrogens is 1. The molecule has 4 rings (SSSR count). The zero-order valence-electron chi connectivity index (χ0n) is 12.4. The molecule has 0 amide bonds. The number of nitrogens with one attached hydrogen (secondary N) is 2. The summed E-state index contributed by atoms with van der Waals surface area (Å²) in [5.74, 6) is 1.02. The molecular weight excluding hydrogens is 264 g/mol. The number of rotatable bonds is 4. The number of hydrogen-bond acceptors (Lipinski definition) is 5. The van der Waals surface area contributed by atoms with Crippen LogP contribution in [0, 0.1) is 0 Å². The van der Waals surface area contributed by atoms with Crippen LogP contribution in [-0.4, -0.2) is 44.6 Å². The molecule has 0 aliphatic carbocycles. The summed E-state index contributed by atoms with van der Waals surface area (Å²) in [4.78, 5) is 18.8. The lowest BCUT2D eigenvalue weighted by Crippen LogP contribution is -2.49. The highest BCUT2D eigenvalue weighted by Gasteiger charge is 2.36. The van der Waals surface area contributed by atoms with Gasteiger partial charge in [0.05, 0.1) is 6.33 Å². The first-order chi connectivity index (χ1) is 10.3. The molecule has 4 heterocycles. The van der Waals surface area contributed by atoms with Crippen LogP contribution in [0.1, 0.15) is 39.0 Å². The number of aromatic amines is 1. The Bertz CT molecular complexity index is 611. The van der Waals surface area contributed by atoms with Crippen LogP contribution in [-0.2, 0) is 0 Å². The molecule has 0 saturated carbocycles. The second-order valence-electron chi connectivity index (χ2n) is 6.25. The van der Waals surface area contributed by atoms with E-state index in [4.69, 9.17) is 0 Å². The van der Waals surface area contributed by atoms with Crippen LogP contribution in [0.2, 0.25) is 0 Å². The summed E-state index contributed by atoms with van der Waals surface area (Å²) in [5.41, 5.74) is 1.73. The molecular formula is C15H22N6. The van der Waals surface area contributed by atoms with Crippen molar-refractivity contribution >= 4 is 17.0 Å². The molecule has 0 aromatic carbocycles. The van der Waals surface area contributed by atoms with Crippen molar-refractivity contribution < 1.29 is 0 Å². The summed E-state index contributed by atoms with van der Waals surface area (Å²) in [7, 11) is 0. The van der Waals surface area contributed by atoms with Crippen LogP contribution in [0.3, 0.4) is 0 Å². The van der Waals surface area contributed by atoms with Gasteiger partial charge in [0, 0.05) is 24.7 Å². The van der Waals surface area contributed by atoms with Gasteiger partial charge >= 0.3 is 0 Å². The Hall–Kier alpha value is -1.69. The minimum Gasteiger partial charge on any atom is -0.352 e. The molecule has 0 radical (unpaired) electrons. The number of anilines is 1. The predicted octanol–water partition coefficient (Wildman–Crippen LogP) is 1.85. The standard InChI is InChI=1S/C15H22N6/c1-2-5-21(12-6-10-3-4-11(7-12)20-10)15-13-14(17-8-16-13)18-9-19-15/h8-12,20H,2-7H2,1H3,(H,16,17,18,19). The quantitative estimate of drug-likeness (QED) is 0.897. The van der Waals surface area contributed by atoms with E-state index in [1.165, 1.54) is 25.7 Å². The molecule has 2 saturated heterocycles. The molecule has 2 unspecified atom stereocenters. The van der Waals surface area contributed by atoms with Crippen LogP contribution in [0.25, 0.3) is 11.2 Å². The van der Waals surface area contributed by atoms with E-state index >= 15 is 0 Å². The normalized spacial score (nSPS) is 28.1. The van der Waals surface area contributed by atoms with Crippen LogP contribution in [0.15, 0.2) is 12.7 Å². The molecule has 2 aromatic heterocycles. The topological polar surface area (TPSA) is 69.7 Å². The lowest BCUT2D eigenvalue weighted by Gasteiger charge is -2.38. The highest BCUT2D eigenvalue weighted by atomic mass is 15.2. The number of aromatic nitrogens is 4. The van der Waals surface area contributed by atoms with E-state index in [2.05, 4.69) is 37.1 Å². The van der Waals surface area contributed by atoms with Crippen molar-refractivity contribution in [2.75, 3.05) is 11.4 Å². The maximum absolute atomic E-state index is 4.57. The Kier molecular flexibility index (Phi) is 3.25. The Labute approximate surface area is 124 Å². The fourth-order valence-corrected chi connectivity index (χ4v) is 3.95. The van der Waals surface area contributed by atoms with Crippen molar-refractivity contribution in [2.24, 2.45) is 0 Å². The number of hydrogen-bond donors (Lipinski definition) is 2. The molecule has 6 heteroatoms. The monoisotopic (exact) mass is 286 g/mol. The summed E-state index contributed by atoms with van der Waals surface area (Å²) < 4.78 is 0. The Morgan fingerprint density at radius 1 is 1.19 bits per heavy atom. The first-order valence-corrected chi connectivity index (χ1v) is 8.02. The van der Waals surface area contributed by atoms with Gasteiger partial charge in [-0.05, 0) is 32.1 Å². The van der Waals surface area contributed by atoms with Crippen molar-refractivity contribution in [3.8, 4) is 0 Å². The Morgan fingerprint density at radius 2 is 2.00 bits per heavy atom. The SMILES string of the molecule is CCCN(c1ncnc2nc[nH]c12)C1CC2CCC(C1)N2. The molecule has 2 N–H and O–H groups in total. The molecule has 2 aliphatic heterocycles. The summed E-state index contributed by atoms with van der Waals surface area (Å²) in [6, 6.07) is 1.95. The van der Waals surface area contributed by atoms with Crippen molar-refractivity contribution in [2.45, 2.75) is 57.2 Å². The molecule has 2 atom stereocenters. The van der Waals surface area contributed by atoms with Gasteiger partial charge in [0.1, 0.15) is 11.8 Å². The lowest BCUT2D eigenvalue weighted by atomic mass is 9.98. The fraction of sp³-hybridized carbons (Fsp3) is 0.667. The average molecular weight is 286 g/mol. The Balaban J connectivity index is 1.69. The van der Waals surface area contributed by atoms with Gasteiger partial charge in [-0.25, -0.2) is 15.0 Å². The molecule has 6 nitrogen and oxygen atoms in total. The number of fused-ring (bicyclic) bond motifs is 3. The largest absolute Gasteiger partial charge is 0.352 e. The molecule has 0 spiro atoms. The molecule has 2 bridgehead atoms. The lowest BCUT2D eigenvalue weighted by molar-refractivity contribution is 0.346. The average Bonchev–Trinajstić information content (AvgIpc) is 3.11. The maximum Gasteiger partial charge on any atom is 0.182 e. The fourth-order valence-electron chi connectivity index (χ4n) is 3.95. The van der Waals surface area contributed by atoms with E-state index in [0.29, 0.717) is 18.1 Å². The van der Waals surface area contributed by atoms with Gasteiger partial charge in [0.2, 0.25) is 0 Å². The highest BCUT2D eigenvalue weighted by molar-refractivity contribution is 5.82. The smallest absolute Gasteiger partial charge is 0.182 e. The van der Waals surface area contributed by atoms with E-state index in [9.17, 15) is 0 Å². The van der Waals surface area contributed by atoms with Crippen LogP contribution in [0.4, 0.5) is 5.82 Å². The summed E-state index contributed by atoms with van der Waals surface area (Å²) in [6.45, 7) is 3.27. The van der Waals surface area contributed by atoms with E-state index in [-0.39, 0.29) is 0 Å². The second kappa shape index (κ2) is 5.26. The molecule has 21 heavy (non-hydrogen) atoms. The third-order valence-corrected chi connectivity index (χ3v) is 4.83. The summed E-state index contributed by atoms with van der Waals surface area (Å²) in [6.07, 6.45) is 9.55. The van der Waals surface area contributed by atoms with Gasteiger partial charge in [-0.1, -0.05) is 6.92 Å². The van der Waals surface area contributed by atoms with Crippen molar-refractivity contribution in [1.29, 1.82) is 0 Å². The summed E-state index contributed by atoms with van der Waals surface area (Å²) in [5, 5.41) is 3.72. The van der Waals surface area contributed by atoms with Gasteiger partial charge in [-0.15, -0.1) is 0 Å². The molecule has 2 aromatic rings. The van der Waals surface area contributed by atoms with Crippen LogP contribution < -0.4 is 10.2 Å². The maximum atomic E-state index is 4.57. The van der Waals surface area contributed by atoms with Crippen molar-refractivity contribution in [1.82, 2.24) is 25.3 Å². The zero-order chi connectivity index (χ0) is 14.2. The van der Waals surface area contributed by atoms with Crippen molar-refractivity contribution in [3.05, 3.63) is 12.7 Å². The van der Waals surface area contributed by atoms with E-state index in [1.807, 2.05) is 0 Å². The number of nitrogens with zero attached hydrogens (tertiary/aromatic N) is 4. The highest BCUT2D eigenvalue weighted by Crippen LogP contribution is 2.33. The van der Waals surface area contributed by atoms with E-state index in [1.54, 1.807) is 12.7 Å². The van der Waals surface area contributed by atoms with Gasteiger partial charge in [0.25, 0.3) is 0 Å². The first-order valence-electron chi connectivity index (χ1n) is 8.02. The van der Waals surface area contributed by atoms with E-state index in [0.717, 1.165) is 29.9 Å². The third kappa shape index (κ3) is 2.27. The van der Waals surface area contributed by atoms with Gasteiger partial charge < -0.3 is 15.2 Å². The summed E-state index contributed by atoms with van der Waals surface area (Å²) >= 11 is 0. The van der Waals surface area contributed by atoms with Crippen molar-refractivity contribution in [3.63, 3.8) is 0 Å². The van der Waals surface area contributed by atoms with Gasteiger partial charge in [-0.3, -0.25) is 0 Å². The second-order valence-corrected chi connectivity index (χ2v) is 6.25. The van der Waals surface area contributed by atoms with Crippen LogP contribution in [0.5, 0.6) is 0 Å². The predicted molar refractivity (Wildman–Crippen MR) is 82.3 cm³/mol. The minimum absolute atomic E-state index is 0.574. The molecule has 2 fully saturated rings.